The van der Waals surface area contributed by atoms with Gasteiger partial charge in [0.2, 0.25) is 10.0 Å². The summed E-state index contributed by atoms with van der Waals surface area (Å²) >= 11 is 0. The Balaban J connectivity index is 1.81. The molecule has 2 rings (SSSR count). The number of unbranched alkanes of at least 4 members (excludes halogenated alkanes) is 1. The molecule has 1 aliphatic rings. The van der Waals surface area contributed by atoms with Crippen LogP contribution in [0.5, 0.6) is 0 Å². The van der Waals surface area contributed by atoms with Gasteiger partial charge in [-0.1, -0.05) is 12.1 Å². The van der Waals surface area contributed by atoms with Gasteiger partial charge in [0, 0.05) is 12.6 Å². The lowest BCUT2D eigenvalue weighted by Crippen LogP contribution is -2.26. The molecule has 1 aliphatic heterocycles. The first-order valence-electron chi connectivity index (χ1n) is 7.76. The number of para-hydroxylation sites is 1. The van der Waals surface area contributed by atoms with Gasteiger partial charge < -0.3 is 9.47 Å². The molecule has 0 aliphatic carbocycles. The lowest BCUT2D eigenvalue weighted by Gasteiger charge is -2.16. The molecule has 1 saturated heterocycles. The molecule has 1 fully saturated rings. The zero-order valence-corrected chi connectivity index (χ0v) is 14.5. The Kier molecular flexibility index (Phi) is 5.92. The highest BCUT2D eigenvalue weighted by Gasteiger charge is 2.32. The summed E-state index contributed by atoms with van der Waals surface area (Å²) in [7, 11) is -3.90. The van der Waals surface area contributed by atoms with Gasteiger partial charge in [0.05, 0.1) is 17.6 Å². The minimum absolute atomic E-state index is 0.0202. The Morgan fingerprint density at radius 2 is 2.04 bits per heavy atom. The molecule has 24 heavy (non-hydrogen) atoms. The van der Waals surface area contributed by atoms with Gasteiger partial charge in [0.15, 0.2) is 10.7 Å². The molecular formula is C15H22N2O6S. The van der Waals surface area contributed by atoms with E-state index in [9.17, 15) is 18.5 Å². The average molecular weight is 358 g/mol. The zero-order valence-electron chi connectivity index (χ0n) is 13.7. The van der Waals surface area contributed by atoms with Crippen molar-refractivity contribution in [2.24, 2.45) is 0 Å². The van der Waals surface area contributed by atoms with Gasteiger partial charge in [-0.2, -0.15) is 0 Å². The number of hydrogen-bond donors (Lipinski definition) is 1. The van der Waals surface area contributed by atoms with Gasteiger partial charge >= 0.3 is 0 Å². The second-order valence-corrected chi connectivity index (χ2v) is 7.80. The monoisotopic (exact) mass is 358 g/mol. The van der Waals surface area contributed by atoms with Crippen LogP contribution < -0.4 is 4.72 Å². The largest absolute Gasteiger partial charge is 0.348 e. The van der Waals surface area contributed by atoms with Crippen LogP contribution in [-0.4, -0.2) is 38.4 Å². The lowest BCUT2D eigenvalue weighted by molar-refractivity contribution is -0.387. The number of nitro benzene ring substituents is 1. The van der Waals surface area contributed by atoms with Crippen LogP contribution in [0.1, 0.15) is 33.1 Å². The first kappa shape index (κ1) is 18.8. The Morgan fingerprint density at radius 3 is 2.67 bits per heavy atom. The van der Waals surface area contributed by atoms with Crippen molar-refractivity contribution in [2.75, 3.05) is 13.2 Å². The molecule has 0 spiro atoms. The molecule has 8 nitrogen and oxygen atoms in total. The van der Waals surface area contributed by atoms with Crippen molar-refractivity contribution in [3.63, 3.8) is 0 Å². The van der Waals surface area contributed by atoms with E-state index in [1.165, 1.54) is 24.3 Å². The maximum atomic E-state index is 12.2. The first-order chi connectivity index (χ1) is 11.2. The fourth-order valence-corrected chi connectivity index (χ4v) is 3.77. The molecule has 0 bridgehead atoms. The molecule has 1 aromatic carbocycles. The molecule has 0 saturated carbocycles. The van der Waals surface area contributed by atoms with E-state index >= 15 is 0 Å². The smallest absolute Gasteiger partial charge is 0.289 e. The van der Waals surface area contributed by atoms with E-state index in [0.717, 1.165) is 12.8 Å². The molecule has 1 heterocycles. The average Bonchev–Trinajstić information content (AvgIpc) is 2.86. The summed E-state index contributed by atoms with van der Waals surface area (Å²) < 4.78 is 37.9. The number of benzene rings is 1. The van der Waals surface area contributed by atoms with E-state index in [0.29, 0.717) is 13.0 Å². The third-order valence-corrected chi connectivity index (χ3v) is 5.17. The summed E-state index contributed by atoms with van der Waals surface area (Å²) in [4.78, 5) is 9.92. The normalized spacial score (nSPS) is 20.2. The number of sulfonamides is 1. The van der Waals surface area contributed by atoms with Crippen molar-refractivity contribution in [2.45, 2.75) is 49.9 Å². The van der Waals surface area contributed by atoms with Gasteiger partial charge in [0.1, 0.15) is 0 Å². The maximum Gasteiger partial charge on any atom is 0.289 e. The van der Waals surface area contributed by atoms with Crippen molar-refractivity contribution < 1.29 is 22.8 Å². The minimum atomic E-state index is -3.90. The summed E-state index contributed by atoms with van der Waals surface area (Å²) in [5, 5.41) is 10.9. The van der Waals surface area contributed by atoms with Crippen molar-refractivity contribution >= 4 is 15.7 Å². The third kappa shape index (κ3) is 4.97. The Bertz CT molecular complexity index is 689. The molecule has 0 aromatic heterocycles. The van der Waals surface area contributed by atoms with Gasteiger partial charge in [-0.05, 0) is 39.2 Å². The summed E-state index contributed by atoms with van der Waals surface area (Å²) in [6.07, 6.45) is 2.17. The predicted octanol–water partition coefficient (Wildman–Crippen LogP) is 2.19. The van der Waals surface area contributed by atoms with Gasteiger partial charge in [-0.15, -0.1) is 0 Å². The Labute approximate surface area is 141 Å². The van der Waals surface area contributed by atoms with Crippen LogP contribution in [0.25, 0.3) is 0 Å². The zero-order chi connectivity index (χ0) is 17.8. The van der Waals surface area contributed by atoms with Crippen LogP contribution in [0.2, 0.25) is 0 Å². The second-order valence-electron chi connectivity index (χ2n) is 6.07. The number of hydrogen-bond acceptors (Lipinski definition) is 6. The second kappa shape index (κ2) is 7.56. The maximum absolute atomic E-state index is 12.2. The molecule has 1 aromatic rings. The summed E-state index contributed by atoms with van der Waals surface area (Å²) in [5.41, 5.74) is -0.427. The molecule has 1 N–H and O–H groups in total. The van der Waals surface area contributed by atoms with E-state index in [4.69, 9.17) is 9.47 Å². The highest BCUT2D eigenvalue weighted by atomic mass is 32.2. The predicted molar refractivity (Wildman–Crippen MR) is 87.0 cm³/mol. The first-order valence-corrected chi connectivity index (χ1v) is 9.24. The topological polar surface area (TPSA) is 108 Å². The molecule has 0 radical (unpaired) electrons. The summed E-state index contributed by atoms with van der Waals surface area (Å²) in [6.45, 7) is 4.46. The number of nitro groups is 1. The summed E-state index contributed by atoms with van der Waals surface area (Å²) in [5.74, 6) is -0.557. The number of nitrogens with zero attached hydrogens (tertiary/aromatic N) is 1. The quantitative estimate of drug-likeness (QED) is 0.433. The molecule has 134 valence electrons. The van der Waals surface area contributed by atoms with Crippen LogP contribution in [-0.2, 0) is 19.5 Å². The fourth-order valence-electron chi connectivity index (χ4n) is 2.52. The third-order valence-electron chi connectivity index (χ3n) is 3.66. The standard InChI is InChI=1S/C15H22N2O6S/c1-15(2)22-11-12(23-15)7-5-6-10-16-24(20,21)14-9-4-3-8-13(14)17(18)19/h3-4,8-9,12,16H,5-7,10-11H2,1-2H3. The van der Waals surface area contributed by atoms with Crippen LogP contribution in [0.4, 0.5) is 5.69 Å². The molecular weight excluding hydrogens is 336 g/mol. The minimum Gasteiger partial charge on any atom is -0.348 e. The fraction of sp³-hybridized carbons (Fsp3) is 0.600. The van der Waals surface area contributed by atoms with Gasteiger partial charge in [0.25, 0.3) is 5.69 Å². The highest BCUT2D eigenvalue weighted by Crippen LogP contribution is 2.25. The van der Waals surface area contributed by atoms with E-state index < -0.39 is 26.4 Å². The van der Waals surface area contributed by atoms with Crippen molar-refractivity contribution in [1.29, 1.82) is 0 Å². The molecule has 1 unspecified atom stereocenters. The number of nitrogens with one attached hydrogen (secondary N) is 1. The number of rotatable bonds is 8. The van der Waals surface area contributed by atoms with E-state index in [-0.39, 0.29) is 17.5 Å². The SMILES string of the molecule is CC1(C)OCC(CCCCNS(=O)(=O)c2ccccc2[N+](=O)[O-])O1. The van der Waals surface area contributed by atoms with Crippen molar-refractivity contribution in [3.8, 4) is 0 Å². The van der Waals surface area contributed by atoms with E-state index in [1.807, 2.05) is 13.8 Å². The van der Waals surface area contributed by atoms with E-state index in [2.05, 4.69) is 4.72 Å². The van der Waals surface area contributed by atoms with Crippen LogP contribution in [0, 0.1) is 10.1 Å². The van der Waals surface area contributed by atoms with Gasteiger partial charge in [-0.3, -0.25) is 10.1 Å². The van der Waals surface area contributed by atoms with Gasteiger partial charge in [-0.25, -0.2) is 13.1 Å². The Morgan fingerprint density at radius 1 is 1.33 bits per heavy atom. The van der Waals surface area contributed by atoms with Crippen molar-refractivity contribution in [1.82, 2.24) is 4.72 Å². The highest BCUT2D eigenvalue weighted by molar-refractivity contribution is 7.89. The number of ether oxygens (including phenoxy) is 2. The van der Waals surface area contributed by atoms with Crippen LogP contribution in [0.15, 0.2) is 29.2 Å². The Hall–Kier alpha value is -1.55. The van der Waals surface area contributed by atoms with E-state index in [1.54, 1.807) is 0 Å². The van der Waals surface area contributed by atoms with Crippen molar-refractivity contribution in [3.05, 3.63) is 34.4 Å². The lowest BCUT2D eigenvalue weighted by atomic mass is 10.1. The van der Waals surface area contributed by atoms with Crippen LogP contribution in [0.3, 0.4) is 0 Å². The molecule has 0 amide bonds. The molecule has 9 heteroatoms. The molecule has 1 atom stereocenters. The summed E-state index contributed by atoms with van der Waals surface area (Å²) in [6, 6.07) is 5.29. The van der Waals surface area contributed by atoms with Crippen LogP contribution >= 0.6 is 0 Å².